The van der Waals surface area contributed by atoms with E-state index in [-0.39, 0.29) is 11.5 Å². The van der Waals surface area contributed by atoms with Crippen molar-refractivity contribution in [3.63, 3.8) is 0 Å². The van der Waals surface area contributed by atoms with E-state index >= 15 is 0 Å². The van der Waals surface area contributed by atoms with E-state index in [9.17, 15) is 0 Å². The second kappa shape index (κ2) is 10.2. The van der Waals surface area contributed by atoms with Crippen LogP contribution in [-0.4, -0.2) is 22.6 Å². The number of piperidine rings is 1. The third kappa shape index (κ3) is 4.86. The Labute approximate surface area is 205 Å². The molecule has 0 bridgehead atoms. The molecule has 34 heavy (non-hydrogen) atoms. The van der Waals surface area contributed by atoms with Crippen molar-refractivity contribution in [3.8, 4) is 23.6 Å². The number of hydrogen-bond donors (Lipinski definition) is 1. The molecular weight excluding hydrogens is 416 g/mol. The molecule has 1 unspecified atom stereocenters. The van der Waals surface area contributed by atoms with Crippen LogP contribution in [-0.2, 0) is 13.0 Å². The van der Waals surface area contributed by atoms with Gasteiger partial charge in [-0.05, 0) is 87.3 Å². The van der Waals surface area contributed by atoms with E-state index in [1.807, 2.05) is 19.2 Å². The molecule has 4 heteroatoms. The van der Waals surface area contributed by atoms with Gasteiger partial charge in [-0.3, -0.25) is 4.98 Å². The molecule has 1 saturated heterocycles. The molecule has 0 spiro atoms. The summed E-state index contributed by atoms with van der Waals surface area (Å²) in [6.45, 7) is 12.1. The number of nitrogens with two attached hydrogens (primary N) is 1. The standard InChI is InChI=1S/C30H40N4/c1-6-8-16-30(4,5)21-26-25-20-23(33-18-10-9-11-19-33)14-15-27(25)34(7-2)29(26)24-13-12-17-32-28(24)22(3)31/h1,12-15,17,20,22H,7-11,16,18-19,21,31H2,2-5H3. The lowest BCUT2D eigenvalue weighted by molar-refractivity contribution is 0.339. The molecule has 1 atom stereocenters. The minimum atomic E-state index is -0.134. The lowest BCUT2D eigenvalue weighted by Gasteiger charge is -2.29. The number of pyridine rings is 1. The highest BCUT2D eigenvalue weighted by Crippen LogP contribution is 2.42. The average Bonchev–Trinajstić information content (AvgIpc) is 3.15. The van der Waals surface area contributed by atoms with Gasteiger partial charge >= 0.3 is 0 Å². The van der Waals surface area contributed by atoms with E-state index in [0.29, 0.717) is 0 Å². The summed E-state index contributed by atoms with van der Waals surface area (Å²) in [5.41, 5.74) is 13.9. The predicted molar refractivity (Wildman–Crippen MR) is 145 cm³/mol. The first-order chi connectivity index (χ1) is 16.4. The lowest BCUT2D eigenvalue weighted by Crippen LogP contribution is -2.29. The van der Waals surface area contributed by atoms with Gasteiger partial charge in [0, 0.05) is 60.4 Å². The van der Waals surface area contributed by atoms with Crippen molar-refractivity contribution in [2.75, 3.05) is 18.0 Å². The Bertz CT molecular complexity index is 1170. The van der Waals surface area contributed by atoms with Gasteiger partial charge in [0.25, 0.3) is 0 Å². The number of aryl methyl sites for hydroxylation is 1. The van der Waals surface area contributed by atoms with Crippen LogP contribution in [0.5, 0.6) is 0 Å². The molecule has 4 nitrogen and oxygen atoms in total. The molecule has 1 aromatic carbocycles. The van der Waals surface area contributed by atoms with Crippen molar-refractivity contribution in [1.82, 2.24) is 9.55 Å². The van der Waals surface area contributed by atoms with Gasteiger partial charge in [0.05, 0.1) is 11.4 Å². The fourth-order valence-electron chi connectivity index (χ4n) is 5.53. The maximum absolute atomic E-state index is 6.40. The monoisotopic (exact) mass is 456 g/mol. The van der Waals surface area contributed by atoms with E-state index in [2.05, 4.69) is 60.4 Å². The maximum Gasteiger partial charge on any atom is 0.0661 e. The number of terminal acetylenes is 1. The van der Waals surface area contributed by atoms with Crippen molar-refractivity contribution in [2.45, 2.75) is 78.8 Å². The minimum Gasteiger partial charge on any atom is -0.372 e. The van der Waals surface area contributed by atoms with Gasteiger partial charge in [-0.2, -0.15) is 0 Å². The molecular formula is C30H40N4. The summed E-state index contributed by atoms with van der Waals surface area (Å²) in [4.78, 5) is 7.26. The van der Waals surface area contributed by atoms with Gasteiger partial charge < -0.3 is 15.2 Å². The summed E-state index contributed by atoms with van der Waals surface area (Å²) >= 11 is 0. The smallest absolute Gasteiger partial charge is 0.0661 e. The number of fused-ring (bicyclic) bond motifs is 1. The second-order valence-electron chi connectivity index (χ2n) is 10.6. The first-order valence-electron chi connectivity index (χ1n) is 12.9. The Morgan fingerprint density at radius 3 is 2.62 bits per heavy atom. The van der Waals surface area contributed by atoms with Gasteiger partial charge in [-0.15, -0.1) is 12.3 Å². The number of aromatic nitrogens is 2. The van der Waals surface area contributed by atoms with Gasteiger partial charge in [-0.25, -0.2) is 0 Å². The van der Waals surface area contributed by atoms with Crippen LogP contribution in [0.1, 0.15) is 77.1 Å². The topological polar surface area (TPSA) is 47.1 Å². The van der Waals surface area contributed by atoms with Crippen LogP contribution in [0.3, 0.4) is 0 Å². The average molecular weight is 457 g/mol. The fourth-order valence-corrected chi connectivity index (χ4v) is 5.53. The van der Waals surface area contributed by atoms with Crippen molar-refractivity contribution >= 4 is 16.6 Å². The fraction of sp³-hybridized carbons (Fsp3) is 0.500. The summed E-state index contributed by atoms with van der Waals surface area (Å²) in [7, 11) is 0. The van der Waals surface area contributed by atoms with E-state index in [1.165, 1.54) is 47.1 Å². The quantitative estimate of drug-likeness (QED) is 0.383. The van der Waals surface area contributed by atoms with Gasteiger partial charge in [0.2, 0.25) is 0 Å². The molecule has 2 aromatic heterocycles. The molecule has 1 aliphatic heterocycles. The Hall–Kier alpha value is -2.77. The molecule has 1 fully saturated rings. The molecule has 0 radical (unpaired) electrons. The highest BCUT2D eigenvalue weighted by atomic mass is 15.1. The Morgan fingerprint density at radius 1 is 1.18 bits per heavy atom. The highest BCUT2D eigenvalue weighted by molar-refractivity contribution is 5.94. The lowest BCUT2D eigenvalue weighted by atomic mass is 9.80. The molecule has 4 rings (SSSR count). The normalized spacial score (nSPS) is 15.5. The van der Waals surface area contributed by atoms with E-state index in [4.69, 9.17) is 17.1 Å². The molecule has 3 heterocycles. The van der Waals surface area contributed by atoms with Crippen LogP contribution >= 0.6 is 0 Å². The van der Waals surface area contributed by atoms with E-state index < -0.39 is 0 Å². The Balaban J connectivity index is 1.96. The Morgan fingerprint density at radius 2 is 1.94 bits per heavy atom. The zero-order valence-corrected chi connectivity index (χ0v) is 21.4. The molecule has 2 N–H and O–H groups in total. The largest absolute Gasteiger partial charge is 0.372 e. The summed E-state index contributed by atoms with van der Waals surface area (Å²) in [5.74, 6) is 2.85. The third-order valence-electron chi connectivity index (χ3n) is 7.32. The zero-order chi connectivity index (χ0) is 24.3. The van der Waals surface area contributed by atoms with Crippen molar-refractivity contribution < 1.29 is 0 Å². The summed E-state index contributed by atoms with van der Waals surface area (Å²) in [6, 6.07) is 11.2. The van der Waals surface area contributed by atoms with Crippen molar-refractivity contribution in [3.05, 3.63) is 47.8 Å². The van der Waals surface area contributed by atoms with Crippen LogP contribution in [0, 0.1) is 17.8 Å². The van der Waals surface area contributed by atoms with Gasteiger partial charge in [0.1, 0.15) is 0 Å². The predicted octanol–water partition coefficient (Wildman–Crippen LogP) is 6.72. The number of rotatable bonds is 8. The van der Waals surface area contributed by atoms with Crippen molar-refractivity contribution in [1.29, 1.82) is 0 Å². The number of hydrogen-bond acceptors (Lipinski definition) is 3. The second-order valence-corrected chi connectivity index (χ2v) is 10.6. The molecule has 3 aromatic rings. The van der Waals surface area contributed by atoms with E-state index in [0.717, 1.165) is 50.2 Å². The number of nitrogens with zero attached hydrogens (tertiary/aromatic N) is 3. The molecule has 1 aliphatic rings. The number of benzene rings is 1. The summed E-state index contributed by atoms with van der Waals surface area (Å²) < 4.78 is 2.46. The highest BCUT2D eigenvalue weighted by Gasteiger charge is 2.27. The first-order valence-corrected chi connectivity index (χ1v) is 12.9. The SMILES string of the molecule is C#CCCC(C)(C)Cc1c(-c2cccnc2C(C)N)n(CC)c2ccc(N3CCCCC3)cc12. The molecule has 0 amide bonds. The van der Waals surface area contributed by atoms with Gasteiger partial charge in [0.15, 0.2) is 0 Å². The summed E-state index contributed by atoms with van der Waals surface area (Å²) in [6.07, 6.45) is 14.1. The number of anilines is 1. The third-order valence-corrected chi connectivity index (χ3v) is 7.32. The van der Waals surface area contributed by atoms with Crippen molar-refractivity contribution in [2.24, 2.45) is 11.1 Å². The van der Waals surface area contributed by atoms with Crippen LogP contribution in [0.2, 0.25) is 0 Å². The Kier molecular flexibility index (Phi) is 7.33. The van der Waals surface area contributed by atoms with Crippen LogP contribution in [0.4, 0.5) is 5.69 Å². The van der Waals surface area contributed by atoms with Crippen LogP contribution in [0.15, 0.2) is 36.5 Å². The summed E-state index contributed by atoms with van der Waals surface area (Å²) in [5, 5.41) is 1.35. The molecule has 180 valence electrons. The minimum absolute atomic E-state index is 0.0891. The van der Waals surface area contributed by atoms with Crippen LogP contribution < -0.4 is 10.6 Å². The van der Waals surface area contributed by atoms with Crippen LogP contribution in [0.25, 0.3) is 22.2 Å². The molecule has 0 saturated carbocycles. The van der Waals surface area contributed by atoms with E-state index in [1.54, 1.807) is 0 Å². The zero-order valence-electron chi connectivity index (χ0n) is 21.4. The first kappa shape index (κ1) is 24.4. The maximum atomic E-state index is 6.40. The van der Waals surface area contributed by atoms with Gasteiger partial charge in [-0.1, -0.05) is 13.8 Å². The molecule has 0 aliphatic carbocycles.